The molecule has 10 heteroatoms. The van der Waals surface area contributed by atoms with E-state index >= 15 is 0 Å². The molecule has 0 saturated carbocycles. The predicted molar refractivity (Wildman–Crippen MR) is 113 cm³/mol. The first-order chi connectivity index (χ1) is 12.4. The summed E-state index contributed by atoms with van der Waals surface area (Å²) < 4.78 is 12.6. The molecule has 6 nitrogen and oxygen atoms in total. The number of hydrogen-bond acceptors (Lipinski definition) is 6. The monoisotopic (exact) mass is 617 g/mol. The summed E-state index contributed by atoms with van der Waals surface area (Å²) in [5, 5.41) is 15.1. The zero-order chi connectivity index (χ0) is 18.1. The van der Waals surface area contributed by atoms with Crippen LogP contribution in [0, 0.1) is 0 Å². The average molecular weight is 618 g/mol. The number of thiophene rings is 2. The largest absolute Gasteiger partial charge is 1.00 e. The van der Waals surface area contributed by atoms with E-state index in [0.29, 0.717) is 34.0 Å². The average Bonchev–Trinajstić information content (AvgIpc) is 2.98. The molecule has 0 radical (unpaired) electrons. The number of hydrogen-bond donors (Lipinski definition) is 1. The molecule has 2 aromatic heterocycles. The van der Waals surface area contributed by atoms with E-state index in [1.807, 2.05) is 22.9 Å². The van der Waals surface area contributed by atoms with Gasteiger partial charge in [0.05, 0.1) is 23.8 Å². The molecule has 3 aliphatic heterocycles. The lowest BCUT2D eigenvalue weighted by atomic mass is 9.95. The van der Waals surface area contributed by atoms with Gasteiger partial charge in [0.25, 0.3) is 0 Å². The highest BCUT2D eigenvalue weighted by molar-refractivity contribution is 8.93. The van der Waals surface area contributed by atoms with Crippen LogP contribution in [0.3, 0.4) is 0 Å². The van der Waals surface area contributed by atoms with Crippen LogP contribution in [0.5, 0.6) is 0 Å². The van der Waals surface area contributed by atoms with Crippen molar-refractivity contribution >= 4 is 45.6 Å². The van der Waals surface area contributed by atoms with E-state index in [1.54, 1.807) is 12.1 Å². The first kappa shape index (κ1) is 25.2. The number of epoxide rings is 1. The number of ether oxygens (including phenoxy) is 2. The first-order valence-corrected chi connectivity index (χ1v) is 10.7. The van der Waals surface area contributed by atoms with Crippen molar-refractivity contribution in [1.82, 2.24) is 0 Å². The number of aliphatic hydroxyl groups is 1. The summed E-state index contributed by atoms with van der Waals surface area (Å²) in [6.07, 6.45) is 2.05. The van der Waals surface area contributed by atoms with Crippen LogP contribution in [0.25, 0.3) is 0 Å². The minimum absolute atomic E-state index is 0. The highest BCUT2D eigenvalue weighted by atomic mass is 127. The van der Waals surface area contributed by atoms with Crippen molar-refractivity contribution in [2.24, 2.45) is 0 Å². The Hall–Kier alpha value is -0.0800. The Bertz CT molecular complexity index is 778. The van der Waals surface area contributed by atoms with Crippen LogP contribution in [0.15, 0.2) is 35.0 Å². The van der Waals surface area contributed by atoms with Crippen molar-refractivity contribution < 1.29 is 53.3 Å². The second-order valence-electron chi connectivity index (χ2n) is 7.99. The summed E-state index contributed by atoms with van der Waals surface area (Å²) in [6.45, 7) is 0. The molecule has 2 bridgehead atoms. The van der Waals surface area contributed by atoms with Gasteiger partial charge in [-0.15, -0.1) is 39.7 Å². The van der Waals surface area contributed by atoms with E-state index in [9.17, 15) is 9.90 Å². The maximum Gasteiger partial charge on any atom is 0.349 e. The van der Waals surface area contributed by atoms with Gasteiger partial charge in [0, 0.05) is 12.8 Å². The van der Waals surface area contributed by atoms with Crippen LogP contribution >= 0.6 is 39.7 Å². The number of piperidine rings is 1. The van der Waals surface area contributed by atoms with Gasteiger partial charge in [-0.2, -0.15) is 0 Å². The standard InChI is InChI=1S/C19H22NO4S2.BrH.HI.H2O/c1-20(2)12-9-11(10-13(20)17-16(12)24-17)23-18(21)19(22,14-5-3-7-25-14)15-6-4-8-26-15;;;/h3-8,11-13,16-17,22H,9-10H2,1-2H3;2*1H;1H2/q+1;;;/p-1/t11?,12-,13+,16-,17+;;;. The van der Waals surface area contributed by atoms with Crippen LogP contribution in [-0.4, -0.2) is 65.5 Å². The number of carbonyl (C=O) groups excluding carboxylic acids is 1. The van der Waals surface area contributed by atoms with Crippen molar-refractivity contribution in [3.63, 3.8) is 0 Å². The molecule has 2 aromatic rings. The molecule has 0 spiro atoms. The topological polar surface area (TPSA) is 90.6 Å². The Labute approximate surface area is 205 Å². The Morgan fingerprint density at radius 1 is 1.14 bits per heavy atom. The summed E-state index contributed by atoms with van der Waals surface area (Å²) in [5.41, 5.74) is -1.72. The van der Waals surface area contributed by atoms with Crippen LogP contribution in [0.2, 0.25) is 0 Å². The zero-order valence-electron chi connectivity index (χ0n) is 16.0. The second-order valence-corrected chi connectivity index (χ2v) is 9.89. The van der Waals surface area contributed by atoms with Crippen LogP contribution in [0.1, 0.15) is 22.6 Å². The Kier molecular flexibility index (Phi) is 7.65. The molecule has 0 aliphatic carbocycles. The molecule has 3 N–H and O–H groups in total. The molecule has 3 saturated heterocycles. The van der Waals surface area contributed by atoms with Crippen molar-refractivity contribution in [1.29, 1.82) is 0 Å². The van der Waals surface area contributed by atoms with Crippen molar-refractivity contribution in [2.75, 3.05) is 14.1 Å². The van der Waals surface area contributed by atoms with Crippen molar-refractivity contribution in [3.05, 3.63) is 44.8 Å². The number of likely N-dealkylation sites (N-methyl/N-ethyl adjacent to an activating group) is 1. The number of fused-ring (bicyclic) bond motifs is 5. The van der Waals surface area contributed by atoms with Crippen LogP contribution in [-0.2, 0) is 19.9 Å². The lowest BCUT2D eigenvalue weighted by Gasteiger charge is -2.45. The number of esters is 1. The van der Waals surface area contributed by atoms with Crippen molar-refractivity contribution in [2.45, 2.75) is 48.8 Å². The molecular formula is C19H25BrINO5S2. The fraction of sp³-hybridized carbons (Fsp3) is 0.526. The Morgan fingerprint density at radius 2 is 1.62 bits per heavy atom. The van der Waals surface area contributed by atoms with Gasteiger partial charge in [-0.25, -0.2) is 4.79 Å². The molecule has 0 amide bonds. The number of carbonyl (C=O) groups is 1. The third kappa shape index (κ3) is 3.84. The molecule has 5 heterocycles. The van der Waals surface area contributed by atoms with Gasteiger partial charge in [-0.3, -0.25) is 0 Å². The summed E-state index contributed by atoms with van der Waals surface area (Å²) in [7, 11) is 4.49. The van der Waals surface area contributed by atoms with Gasteiger partial charge >= 0.3 is 5.97 Å². The molecule has 1 unspecified atom stereocenters. The lowest BCUT2D eigenvalue weighted by Crippen LogP contribution is -3.00. The number of rotatable bonds is 4. The fourth-order valence-corrected chi connectivity index (χ4v) is 6.54. The van der Waals surface area contributed by atoms with E-state index < -0.39 is 11.6 Å². The third-order valence-corrected chi connectivity index (χ3v) is 8.32. The van der Waals surface area contributed by atoms with Gasteiger partial charge in [-0.1, -0.05) is 12.1 Å². The number of halogens is 2. The summed E-state index contributed by atoms with van der Waals surface area (Å²) in [4.78, 5) is 14.3. The van der Waals surface area contributed by atoms with Crippen LogP contribution in [0.4, 0.5) is 0 Å². The molecule has 0 aromatic carbocycles. The van der Waals surface area contributed by atoms with Gasteiger partial charge in [0.2, 0.25) is 5.60 Å². The Morgan fingerprint density at radius 3 is 2.03 bits per heavy atom. The van der Waals surface area contributed by atoms with Gasteiger partial charge in [0.1, 0.15) is 30.4 Å². The maximum absolute atomic E-state index is 13.1. The van der Waals surface area contributed by atoms with E-state index in [-0.39, 0.29) is 52.5 Å². The molecular weight excluding hydrogens is 593 g/mol. The summed E-state index contributed by atoms with van der Waals surface area (Å²) in [5.74, 6) is -0.561. The summed E-state index contributed by atoms with van der Waals surface area (Å²) in [6, 6.07) is 8.01. The van der Waals surface area contributed by atoms with E-state index in [0.717, 1.165) is 17.3 Å². The predicted octanol–water partition coefficient (Wildman–Crippen LogP) is -0.897. The zero-order valence-corrected chi connectivity index (χ0v) is 21.5. The number of nitrogens with zero attached hydrogens (tertiary/aromatic N) is 1. The Balaban J connectivity index is 0.000001000. The van der Waals surface area contributed by atoms with E-state index in [4.69, 9.17) is 9.47 Å². The minimum atomic E-state index is -1.72. The molecule has 29 heavy (non-hydrogen) atoms. The molecule has 5 rings (SSSR count). The van der Waals surface area contributed by atoms with E-state index in [2.05, 4.69) is 14.1 Å². The second kappa shape index (κ2) is 8.81. The van der Waals surface area contributed by atoms with Crippen LogP contribution < -0.4 is 24.0 Å². The third-order valence-electron chi connectivity index (χ3n) is 6.36. The maximum atomic E-state index is 13.1. The van der Waals surface area contributed by atoms with Crippen molar-refractivity contribution in [3.8, 4) is 0 Å². The molecule has 5 atom stereocenters. The lowest BCUT2D eigenvalue weighted by molar-refractivity contribution is -0.938. The number of morpholine rings is 1. The quantitative estimate of drug-likeness (QED) is 0.209. The molecule has 162 valence electrons. The molecule has 3 fully saturated rings. The highest BCUT2D eigenvalue weighted by Gasteiger charge is 2.71. The smallest absolute Gasteiger partial charge is 0.349 e. The summed E-state index contributed by atoms with van der Waals surface area (Å²) >= 11 is 2.74. The highest BCUT2D eigenvalue weighted by Crippen LogP contribution is 2.52. The van der Waals surface area contributed by atoms with Gasteiger partial charge in [0.15, 0.2) is 0 Å². The van der Waals surface area contributed by atoms with E-state index in [1.165, 1.54) is 22.7 Å². The molecule has 3 aliphatic rings. The van der Waals surface area contributed by atoms with Gasteiger partial charge in [-0.05, 0) is 22.9 Å². The SMILES string of the molecule is Br.C[N+]1(C)[C@@H]2CC(OC(=O)C(O)(c3cccs3)c3cccs3)C[C@H]1[C@@H]1O[C@@H]12.O.[I-]. The minimum Gasteiger partial charge on any atom is -1.00 e. The fourth-order valence-electron chi connectivity index (χ4n) is 4.83. The normalized spacial score (nSPS) is 30.8. The van der Waals surface area contributed by atoms with Gasteiger partial charge < -0.3 is 48.5 Å². The number of quaternary nitrogens is 1. The first-order valence-electron chi connectivity index (χ1n) is 8.92.